The minimum Gasteiger partial charge on any atom is -0.495 e. The summed E-state index contributed by atoms with van der Waals surface area (Å²) in [5.74, 6) is 0.614. The fraction of sp³-hybridized carbons (Fsp3) is 0.250. The van der Waals surface area contributed by atoms with Crippen LogP contribution < -0.4 is 10.1 Å². The van der Waals surface area contributed by atoms with Crippen LogP contribution >= 0.6 is 23.2 Å². The van der Waals surface area contributed by atoms with E-state index in [0.717, 1.165) is 35.2 Å². The largest absolute Gasteiger partial charge is 0.495 e. The molecule has 5 nitrogen and oxygen atoms in total. The van der Waals surface area contributed by atoms with Crippen LogP contribution in [-0.2, 0) is 17.8 Å². The molecule has 1 amide bonds. The number of rotatable bonds is 4. The van der Waals surface area contributed by atoms with Gasteiger partial charge in [0.15, 0.2) is 0 Å². The second-order valence-electron chi connectivity index (χ2n) is 6.63. The van der Waals surface area contributed by atoms with Gasteiger partial charge in [-0.15, -0.1) is 0 Å². The number of amides is 1. The number of carbonyl (C=O) groups is 1. The summed E-state index contributed by atoms with van der Waals surface area (Å²) < 4.78 is 5.30. The Labute approximate surface area is 167 Å². The van der Waals surface area contributed by atoms with Crippen molar-refractivity contribution >= 4 is 45.7 Å². The smallest absolute Gasteiger partial charge is 0.238 e. The molecule has 0 bridgehead atoms. The number of ether oxygens (including phenoxy) is 1. The molecule has 0 fully saturated rings. The predicted octanol–water partition coefficient (Wildman–Crippen LogP) is 4.48. The van der Waals surface area contributed by atoms with Crippen LogP contribution in [0.15, 0.2) is 36.4 Å². The van der Waals surface area contributed by atoms with E-state index in [9.17, 15) is 4.79 Å². The first-order chi connectivity index (χ1) is 13.0. The lowest BCUT2D eigenvalue weighted by atomic mass is 10.0. The number of aromatic amines is 1. The minimum absolute atomic E-state index is 0.0402. The number of hydrogen-bond acceptors (Lipinski definition) is 3. The Morgan fingerprint density at radius 3 is 2.78 bits per heavy atom. The molecule has 0 saturated carbocycles. The van der Waals surface area contributed by atoms with Gasteiger partial charge in [0.2, 0.25) is 5.91 Å². The van der Waals surface area contributed by atoms with Gasteiger partial charge >= 0.3 is 0 Å². The van der Waals surface area contributed by atoms with Gasteiger partial charge in [0.05, 0.1) is 18.7 Å². The summed E-state index contributed by atoms with van der Waals surface area (Å²) in [5, 5.41) is 5.29. The van der Waals surface area contributed by atoms with Gasteiger partial charge in [0.25, 0.3) is 0 Å². The number of nitrogens with zero attached hydrogens (tertiary/aromatic N) is 1. The van der Waals surface area contributed by atoms with E-state index in [1.165, 1.54) is 5.56 Å². The summed E-state index contributed by atoms with van der Waals surface area (Å²) in [6, 6.07) is 11.0. The minimum atomic E-state index is -0.0402. The average Bonchev–Trinajstić information content (AvgIpc) is 2.99. The standard InChI is InChI=1S/C20H19Cl2N3O2/c1-27-19-9-17-15(8-16(19)22)14-6-7-25(10-18(14)24-17)11-20(26)23-13-4-2-12(21)3-5-13/h2-5,8-9,24H,6-7,10-11H2,1H3,(H,23,26). The molecule has 7 heteroatoms. The van der Waals surface area contributed by atoms with Crippen LogP contribution in [0, 0.1) is 0 Å². The lowest BCUT2D eigenvalue weighted by Crippen LogP contribution is -2.37. The summed E-state index contributed by atoms with van der Waals surface area (Å²) in [6.45, 7) is 1.84. The van der Waals surface area contributed by atoms with E-state index in [4.69, 9.17) is 27.9 Å². The number of anilines is 1. The molecule has 140 valence electrons. The first-order valence-corrected chi connectivity index (χ1v) is 9.44. The lowest BCUT2D eigenvalue weighted by Gasteiger charge is -2.26. The van der Waals surface area contributed by atoms with Gasteiger partial charge in [0, 0.05) is 46.5 Å². The maximum Gasteiger partial charge on any atom is 0.238 e. The summed E-state index contributed by atoms with van der Waals surface area (Å²) in [4.78, 5) is 17.9. The van der Waals surface area contributed by atoms with E-state index in [1.54, 1.807) is 31.4 Å². The van der Waals surface area contributed by atoms with Crippen LogP contribution in [0.2, 0.25) is 10.0 Å². The van der Waals surface area contributed by atoms with Crippen molar-refractivity contribution in [3.05, 3.63) is 57.7 Å². The molecule has 1 aliphatic rings. The van der Waals surface area contributed by atoms with Crippen molar-refractivity contribution in [2.45, 2.75) is 13.0 Å². The Balaban J connectivity index is 1.47. The molecular weight excluding hydrogens is 385 g/mol. The number of nitrogens with one attached hydrogen (secondary N) is 2. The van der Waals surface area contributed by atoms with Crippen molar-refractivity contribution in [1.29, 1.82) is 0 Å². The third-order valence-corrected chi connectivity index (χ3v) is 5.37. The van der Waals surface area contributed by atoms with E-state index >= 15 is 0 Å². The van der Waals surface area contributed by atoms with Crippen LogP contribution in [0.4, 0.5) is 5.69 Å². The van der Waals surface area contributed by atoms with Crippen LogP contribution in [0.1, 0.15) is 11.3 Å². The van der Waals surface area contributed by atoms with Gasteiger partial charge in [-0.2, -0.15) is 0 Å². The van der Waals surface area contributed by atoms with Crippen molar-refractivity contribution in [3.8, 4) is 5.75 Å². The van der Waals surface area contributed by atoms with E-state index in [2.05, 4.69) is 15.2 Å². The van der Waals surface area contributed by atoms with Crippen LogP contribution in [-0.4, -0.2) is 36.0 Å². The number of methoxy groups -OCH3 is 1. The molecule has 0 spiro atoms. The summed E-state index contributed by atoms with van der Waals surface area (Å²) >= 11 is 12.1. The Morgan fingerprint density at radius 2 is 2.04 bits per heavy atom. The highest BCUT2D eigenvalue weighted by Crippen LogP contribution is 2.34. The van der Waals surface area contributed by atoms with Crippen molar-refractivity contribution < 1.29 is 9.53 Å². The predicted molar refractivity (Wildman–Crippen MR) is 109 cm³/mol. The normalized spacial score (nSPS) is 14.2. The highest BCUT2D eigenvalue weighted by molar-refractivity contribution is 6.33. The van der Waals surface area contributed by atoms with E-state index in [0.29, 0.717) is 28.9 Å². The van der Waals surface area contributed by atoms with Crippen LogP contribution in [0.5, 0.6) is 5.75 Å². The van der Waals surface area contributed by atoms with Crippen molar-refractivity contribution in [1.82, 2.24) is 9.88 Å². The molecule has 1 aromatic heterocycles. The van der Waals surface area contributed by atoms with Gasteiger partial charge in [-0.1, -0.05) is 23.2 Å². The second kappa shape index (κ2) is 7.43. The topological polar surface area (TPSA) is 57.4 Å². The number of carbonyl (C=O) groups excluding carboxylic acids is 1. The van der Waals surface area contributed by atoms with E-state index < -0.39 is 0 Å². The SMILES string of the molecule is COc1cc2[nH]c3c(c2cc1Cl)CCN(CC(=O)Nc1ccc(Cl)cc1)C3. The van der Waals surface area contributed by atoms with Gasteiger partial charge < -0.3 is 15.0 Å². The highest BCUT2D eigenvalue weighted by atomic mass is 35.5. The third kappa shape index (κ3) is 3.76. The number of fused-ring (bicyclic) bond motifs is 3. The first-order valence-electron chi connectivity index (χ1n) is 8.68. The number of halogens is 2. The molecule has 27 heavy (non-hydrogen) atoms. The quantitative estimate of drug-likeness (QED) is 0.674. The van der Waals surface area contributed by atoms with Gasteiger partial charge in [0.1, 0.15) is 5.75 Å². The third-order valence-electron chi connectivity index (χ3n) is 4.82. The number of hydrogen-bond donors (Lipinski definition) is 2. The Bertz CT molecular complexity index is 999. The maximum absolute atomic E-state index is 12.3. The molecule has 2 heterocycles. The average molecular weight is 404 g/mol. The number of H-pyrrole nitrogens is 1. The number of aromatic nitrogens is 1. The number of benzene rings is 2. The lowest BCUT2D eigenvalue weighted by molar-refractivity contribution is -0.117. The molecule has 0 radical (unpaired) electrons. The zero-order chi connectivity index (χ0) is 19.0. The second-order valence-corrected chi connectivity index (χ2v) is 7.47. The molecular formula is C20H19Cl2N3O2. The summed E-state index contributed by atoms with van der Waals surface area (Å²) in [7, 11) is 1.61. The molecule has 0 atom stereocenters. The van der Waals surface area contributed by atoms with Gasteiger partial charge in [-0.05, 0) is 42.3 Å². The molecule has 0 unspecified atom stereocenters. The van der Waals surface area contributed by atoms with Gasteiger partial charge in [-0.3, -0.25) is 9.69 Å². The zero-order valence-electron chi connectivity index (χ0n) is 14.8. The van der Waals surface area contributed by atoms with E-state index in [1.807, 2.05) is 12.1 Å². The molecule has 4 rings (SSSR count). The summed E-state index contributed by atoms with van der Waals surface area (Å²) in [5.41, 5.74) is 4.15. The fourth-order valence-electron chi connectivity index (χ4n) is 3.53. The maximum atomic E-state index is 12.3. The van der Waals surface area contributed by atoms with Gasteiger partial charge in [-0.25, -0.2) is 0 Å². The Kier molecular flexibility index (Phi) is 5.00. The molecule has 2 aromatic carbocycles. The Hall–Kier alpha value is -2.21. The molecule has 1 aliphatic heterocycles. The van der Waals surface area contributed by atoms with Crippen molar-refractivity contribution in [3.63, 3.8) is 0 Å². The fourth-order valence-corrected chi connectivity index (χ4v) is 3.90. The molecule has 0 aliphatic carbocycles. The zero-order valence-corrected chi connectivity index (χ0v) is 16.3. The molecule has 2 N–H and O–H groups in total. The molecule has 0 saturated heterocycles. The van der Waals surface area contributed by atoms with Crippen molar-refractivity contribution in [2.75, 3.05) is 25.5 Å². The monoisotopic (exact) mass is 403 g/mol. The van der Waals surface area contributed by atoms with Crippen molar-refractivity contribution in [2.24, 2.45) is 0 Å². The first kappa shape index (κ1) is 18.2. The summed E-state index contributed by atoms with van der Waals surface area (Å²) in [6.07, 6.45) is 0.867. The highest BCUT2D eigenvalue weighted by Gasteiger charge is 2.23. The van der Waals surface area contributed by atoms with Crippen LogP contribution in [0.3, 0.4) is 0 Å². The van der Waals surface area contributed by atoms with Crippen LogP contribution in [0.25, 0.3) is 10.9 Å². The Morgan fingerprint density at radius 1 is 1.26 bits per heavy atom. The van der Waals surface area contributed by atoms with E-state index in [-0.39, 0.29) is 5.91 Å². The molecule has 3 aromatic rings.